The number of hydrogen-bond donors (Lipinski definition) is 2. The zero-order chi connectivity index (χ0) is 21.3. The van der Waals surface area contributed by atoms with E-state index in [-0.39, 0.29) is 5.91 Å². The summed E-state index contributed by atoms with van der Waals surface area (Å²) < 4.78 is 7.70. The highest BCUT2D eigenvalue weighted by molar-refractivity contribution is 6.04. The van der Waals surface area contributed by atoms with Gasteiger partial charge in [-0.3, -0.25) is 9.89 Å². The van der Waals surface area contributed by atoms with Crippen LogP contribution in [0.4, 0.5) is 11.5 Å². The summed E-state index contributed by atoms with van der Waals surface area (Å²) in [5, 5.41) is 11.3. The van der Waals surface area contributed by atoms with Crippen molar-refractivity contribution in [2.75, 3.05) is 31.4 Å². The van der Waals surface area contributed by atoms with Crippen LogP contribution in [-0.4, -0.2) is 41.9 Å². The number of carbonyl (C=O) groups is 1. The van der Waals surface area contributed by atoms with Gasteiger partial charge in [0.05, 0.1) is 24.0 Å². The molecule has 0 atom stereocenters. The number of nitrogens with one attached hydrogen (secondary N) is 2. The molecule has 2 aromatic carbocycles. The van der Waals surface area contributed by atoms with Gasteiger partial charge < -0.3 is 19.5 Å². The number of H-pyrrole nitrogens is 1. The van der Waals surface area contributed by atoms with Gasteiger partial charge in [0.15, 0.2) is 5.82 Å². The van der Waals surface area contributed by atoms with Crippen molar-refractivity contribution in [1.29, 1.82) is 0 Å². The SMILES string of the molecule is CCn1c(-c2cc(NC(=O)c3cccc(N(C)C)c3)n[nH]2)cc2c(OC)cccc21. The molecule has 0 spiro atoms. The summed E-state index contributed by atoms with van der Waals surface area (Å²) in [4.78, 5) is 14.6. The van der Waals surface area contributed by atoms with Crippen LogP contribution < -0.4 is 15.0 Å². The van der Waals surface area contributed by atoms with Crippen molar-refractivity contribution in [3.63, 3.8) is 0 Å². The number of aryl methyl sites for hydroxylation is 1. The average Bonchev–Trinajstić information content (AvgIpc) is 3.37. The van der Waals surface area contributed by atoms with E-state index in [4.69, 9.17) is 4.74 Å². The van der Waals surface area contributed by atoms with Crippen LogP contribution in [0, 0.1) is 0 Å². The molecule has 0 unspecified atom stereocenters. The lowest BCUT2D eigenvalue weighted by atomic mass is 10.2. The maximum atomic E-state index is 12.7. The molecule has 30 heavy (non-hydrogen) atoms. The molecule has 1 amide bonds. The number of nitrogens with zero attached hydrogens (tertiary/aromatic N) is 3. The standard InChI is InChI=1S/C23H25N5O2/c1-5-28-19-10-7-11-21(30-4)17(19)13-20(28)18-14-22(26-25-18)24-23(29)15-8-6-9-16(12-15)27(2)3/h6-14H,5H2,1-4H3,(H2,24,25,26,29). The molecular formula is C23H25N5O2. The summed E-state index contributed by atoms with van der Waals surface area (Å²) in [6.45, 7) is 2.89. The van der Waals surface area contributed by atoms with E-state index in [1.807, 2.05) is 55.4 Å². The maximum absolute atomic E-state index is 12.7. The number of hydrogen-bond acceptors (Lipinski definition) is 4. The second kappa shape index (κ2) is 7.94. The van der Waals surface area contributed by atoms with Crippen molar-refractivity contribution in [3.05, 3.63) is 60.2 Å². The van der Waals surface area contributed by atoms with Crippen molar-refractivity contribution in [1.82, 2.24) is 14.8 Å². The Morgan fingerprint density at radius 3 is 2.70 bits per heavy atom. The quantitative estimate of drug-likeness (QED) is 0.501. The van der Waals surface area contributed by atoms with Crippen molar-refractivity contribution < 1.29 is 9.53 Å². The highest BCUT2D eigenvalue weighted by Gasteiger charge is 2.16. The molecular weight excluding hydrogens is 378 g/mol. The Morgan fingerprint density at radius 2 is 1.97 bits per heavy atom. The number of methoxy groups -OCH3 is 1. The third-order valence-corrected chi connectivity index (χ3v) is 5.16. The largest absolute Gasteiger partial charge is 0.496 e. The Labute approximate surface area is 175 Å². The lowest BCUT2D eigenvalue weighted by Gasteiger charge is -2.13. The Kier molecular flexibility index (Phi) is 5.18. The topological polar surface area (TPSA) is 75.2 Å². The van der Waals surface area contributed by atoms with E-state index >= 15 is 0 Å². The van der Waals surface area contributed by atoms with Crippen molar-refractivity contribution in [2.45, 2.75) is 13.5 Å². The van der Waals surface area contributed by atoms with Crippen LogP contribution in [0.2, 0.25) is 0 Å². The number of rotatable bonds is 6. The molecule has 7 heteroatoms. The fourth-order valence-corrected chi connectivity index (χ4v) is 3.63. The first-order valence-corrected chi connectivity index (χ1v) is 9.82. The second-order valence-electron chi connectivity index (χ2n) is 7.23. The number of carbonyl (C=O) groups excluding carboxylic acids is 1. The van der Waals surface area contributed by atoms with Gasteiger partial charge >= 0.3 is 0 Å². The highest BCUT2D eigenvalue weighted by Crippen LogP contribution is 2.33. The van der Waals surface area contributed by atoms with Gasteiger partial charge in [-0.05, 0) is 43.3 Å². The molecule has 0 aliphatic heterocycles. The monoisotopic (exact) mass is 403 g/mol. The molecule has 2 heterocycles. The van der Waals surface area contributed by atoms with Crippen LogP contribution in [0.1, 0.15) is 17.3 Å². The van der Waals surface area contributed by atoms with Gasteiger partial charge in [-0.1, -0.05) is 12.1 Å². The molecule has 0 saturated carbocycles. The number of aromatic amines is 1. The molecule has 2 aromatic heterocycles. The average molecular weight is 403 g/mol. The molecule has 154 valence electrons. The Morgan fingerprint density at radius 1 is 1.17 bits per heavy atom. The van der Waals surface area contributed by atoms with Crippen molar-refractivity contribution >= 4 is 28.3 Å². The van der Waals surface area contributed by atoms with Crippen LogP contribution in [-0.2, 0) is 6.54 Å². The number of benzene rings is 2. The molecule has 0 fully saturated rings. The predicted octanol–water partition coefficient (Wildman–Crippen LogP) is 4.38. The van der Waals surface area contributed by atoms with E-state index < -0.39 is 0 Å². The van der Waals surface area contributed by atoms with Gasteiger partial charge in [-0.2, -0.15) is 5.10 Å². The number of fused-ring (bicyclic) bond motifs is 1. The zero-order valence-corrected chi connectivity index (χ0v) is 17.6. The molecule has 7 nitrogen and oxygen atoms in total. The van der Waals surface area contributed by atoms with E-state index in [0.717, 1.165) is 40.3 Å². The molecule has 4 rings (SSSR count). The normalized spacial score (nSPS) is 10.9. The summed E-state index contributed by atoms with van der Waals surface area (Å²) in [6.07, 6.45) is 0. The van der Waals surface area contributed by atoms with Crippen molar-refractivity contribution in [2.24, 2.45) is 0 Å². The summed E-state index contributed by atoms with van der Waals surface area (Å²) in [5.74, 6) is 1.11. The number of amides is 1. The van der Waals surface area contributed by atoms with Gasteiger partial charge in [-0.15, -0.1) is 0 Å². The molecule has 0 aliphatic rings. The molecule has 0 radical (unpaired) electrons. The summed E-state index contributed by atoms with van der Waals surface area (Å²) >= 11 is 0. The van der Waals surface area contributed by atoms with E-state index in [2.05, 4.69) is 39.1 Å². The first kappa shape index (κ1) is 19.6. The first-order valence-electron chi connectivity index (χ1n) is 9.82. The van der Waals surface area contributed by atoms with E-state index in [9.17, 15) is 4.79 Å². The highest BCUT2D eigenvalue weighted by atomic mass is 16.5. The van der Waals surface area contributed by atoms with Gasteiger partial charge in [0.25, 0.3) is 5.91 Å². The first-order chi connectivity index (χ1) is 14.5. The summed E-state index contributed by atoms with van der Waals surface area (Å²) in [7, 11) is 5.56. The van der Waals surface area contributed by atoms with Crippen LogP contribution in [0.3, 0.4) is 0 Å². The lowest BCUT2D eigenvalue weighted by molar-refractivity contribution is 0.102. The molecule has 0 aliphatic carbocycles. The minimum Gasteiger partial charge on any atom is -0.496 e. The zero-order valence-electron chi connectivity index (χ0n) is 17.6. The Bertz CT molecular complexity index is 1210. The predicted molar refractivity (Wildman–Crippen MR) is 120 cm³/mol. The second-order valence-corrected chi connectivity index (χ2v) is 7.23. The molecule has 2 N–H and O–H groups in total. The van der Waals surface area contributed by atoms with Crippen LogP contribution in [0.15, 0.2) is 54.6 Å². The minimum absolute atomic E-state index is 0.200. The molecule has 0 saturated heterocycles. The minimum atomic E-state index is -0.200. The fourth-order valence-electron chi connectivity index (χ4n) is 3.63. The van der Waals surface area contributed by atoms with Crippen LogP contribution in [0.5, 0.6) is 5.75 Å². The van der Waals surface area contributed by atoms with Crippen LogP contribution in [0.25, 0.3) is 22.3 Å². The summed E-state index contributed by atoms with van der Waals surface area (Å²) in [5.41, 5.74) is 4.45. The third kappa shape index (κ3) is 3.50. The van der Waals surface area contributed by atoms with Crippen molar-refractivity contribution in [3.8, 4) is 17.1 Å². The third-order valence-electron chi connectivity index (χ3n) is 5.16. The maximum Gasteiger partial charge on any atom is 0.256 e. The van der Waals surface area contributed by atoms with E-state index in [1.54, 1.807) is 13.2 Å². The van der Waals surface area contributed by atoms with E-state index in [0.29, 0.717) is 11.4 Å². The van der Waals surface area contributed by atoms with Gasteiger partial charge in [0.2, 0.25) is 0 Å². The van der Waals surface area contributed by atoms with Gasteiger partial charge in [-0.25, -0.2) is 0 Å². The Balaban J connectivity index is 1.63. The van der Waals surface area contributed by atoms with Crippen LogP contribution >= 0.6 is 0 Å². The Hall–Kier alpha value is -3.74. The number of aromatic nitrogens is 3. The summed E-state index contributed by atoms with van der Waals surface area (Å²) in [6, 6.07) is 17.4. The lowest BCUT2D eigenvalue weighted by Crippen LogP contribution is -2.14. The smallest absolute Gasteiger partial charge is 0.256 e. The molecule has 0 bridgehead atoms. The number of anilines is 2. The fraction of sp³-hybridized carbons (Fsp3) is 0.217. The molecule has 4 aromatic rings. The van der Waals surface area contributed by atoms with Gasteiger partial charge in [0, 0.05) is 43.3 Å². The number of ether oxygens (including phenoxy) is 1. The van der Waals surface area contributed by atoms with Gasteiger partial charge in [0.1, 0.15) is 5.75 Å². The van der Waals surface area contributed by atoms with E-state index in [1.165, 1.54) is 0 Å².